The molecule has 0 spiro atoms. The third-order valence-corrected chi connectivity index (χ3v) is 6.03. The van der Waals surface area contributed by atoms with Crippen LogP contribution in [0.5, 0.6) is 0 Å². The number of rotatable bonds is 1. The molecule has 3 aliphatic carbocycles. The Kier molecular flexibility index (Phi) is 2.98. The predicted octanol–water partition coefficient (Wildman–Crippen LogP) is 3.30. The Morgan fingerprint density at radius 1 is 0.840 bits per heavy atom. The molecule has 0 N–H and O–H groups in total. The molecule has 0 radical (unpaired) electrons. The number of nitrogens with zero attached hydrogens (tertiary/aromatic N) is 1. The molecule has 2 amide bonds. The minimum absolute atomic E-state index is 0.0732. The molecule has 4 nitrogen and oxygen atoms in total. The lowest BCUT2D eigenvalue weighted by Gasteiger charge is -2.43. The van der Waals surface area contributed by atoms with Crippen molar-refractivity contribution in [3.63, 3.8) is 0 Å². The van der Waals surface area contributed by atoms with Crippen LogP contribution in [0.4, 0.5) is 5.69 Å². The van der Waals surface area contributed by atoms with Crippen molar-refractivity contribution >= 4 is 34.9 Å². The van der Waals surface area contributed by atoms with Crippen molar-refractivity contribution in [3.05, 3.63) is 64.7 Å². The monoisotopic (exact) mass is 351 g/mol. The van der Waals surface area contributed by atoms with Gasteiger partial charge >= 0.3 is 0 Å². The van der Waals surface area contributed by atoms with Gasteiger partial charge in [0.2, 0.25) is 11.8 Å². The van der Waals surface area contributed by atoms with Gasteiger partial charge in [-0.25, -0.2) is 0 Å². The predicted molar refractivity (Wildman–Crippen MR) is 92.5 cm³/mol. The summed E-state index contributed by atoms with van der Waals surface area (Å²) in [7, 11) is 0. The molecule has 2 bridgehead atoms. The standard InChI is InChI=1S/C20H14ClNO3/c21-10-5-7-11(8-6-10)22-19(24)17-14-9-15(23)16(18(17)20(22)25)13-4-2-1-3-12(13)14/h1-8,14,16-18H,9H2/t14-,16+,17-,18-/m1/s1. The van der Waals surface area contributed by atoms with E-state index in [9.17, 15) is 14.4 Å². The van der Waals surface area contributed by atoms with E-state index >= 15 is 0 Å². The van der Waals surface area contributed by atoms with Crippen molar-refractivity contribution in [1.82, 2.24) is 0 Å². The maximum Gasteiger partial charge on any atom is 0.238 e. The van der Waals surface area contributed by atoms with Gasteiger partial charge in [-0.3, -0.25) is 19.3 Å². The lowest BCUT2D eigenvalue weighted by molar-refractivity contribution is -0.134. The van der Waals surface area contributed by atoms with E-state index in [2.05, 4.69) is 0 Å². The number of carbonyl (C=O) groups excluding carboxylic acids is 3. The number of amides is 2. The van der Waals surface area contributed by atoms with Crippen molar-refractivity contribution < 1.29 is 14.4 Å². The van der Waals surface area contributed by atoms with Crippen LogP contribution in [0, 0.1) is 11.8 Å². The van der Waals surface area contributed by atoms with Crippen LogP contribution in [0.25, 0.3) is 0 Å². The van der Waals surface area contributed by atoms with E-state index in [4.69, 9.17) is 11.6 Å². The third kappa shape index (κ3) is 1.86. The fourth-order valence-corrected chi connectivity index (χ4v) is 4.93. The molecular formula is C20H14ClNO3. The molecule has 2 fully saturated rings. The normalized spacial score (nSPS) is 29.8. The van der Waals surface area contributed by atoms with Crippen molar-refractivity contribution in [3.8, 4) is 0 Å². The molecule has 0 unspecified atom stereocenters. The number of imide groups is 1. The minimum Gasteiger partial charge on any atom is -0.299 e. The van der Waals surface area contributed by atoms with Crippen LogP contribution >= 0.6 is 11.6 Å². The van der Waals surface area contributed by atoms with Crippen LogP contribution in [0.15, 0.2) is 48.5 Å². The summed E-state index contributed by atoms with van der Waals surface area (Å²) in [5, 5.41) is 0.544. The summed E-state index contributed by atoms with van der Waals surface area (Å²) in [6.45, 7) is 0. The van der Waals surface area contributed by atoms with Gasteiger partial charge in [-0.05, 0) is 35.4 Å². The molecule has 1 heterocycles. The number of anilines is 1. The smallest absolute Gasteiger partial charge is 0.238 e. The summed E-state index contributed by atoms with van der Waals surface area (Å²) in [5.74, 6) is -2.12. The quantitative estimate of drug-likeness (QED) is 0.741. The highest BCUT2D eigenvalue weighted by atomic mass is 35.5. The molecule has 0 aromatic heterocycles. The lowest BCUT2D eigenvalue weighted by atomic mass is 9.56. The second kappa shape index (κ2) is 5.02. The van der Waals surface area contributed by atoms with Crippen LogP contribution in [0.1, 0.15) is 29.4 Å². The van der Waals surface area contributed by atoms with Crippen molar-refractivity contribution in [2.24, 2.45) is 11.8 Å². The largest absolute Gasteiger partial charge is 0.299 e. The number of ketones is 1. The highest BCUT2D eigenvalue weighted by Gasteiger charge is 2.62. The topological polar surface area (TPSA) is 54.5 Å². The maximum atomic E-state index is 13.1. The molecule has 1 aliphatic heterocycles. The fourth-order valence-electron chi connectivity index (χ4n) is 4.80. The molecule has 1 saturated carbocycles. The first-order valence-electron chi connectivity index (χ1n) is 8.33. The second-order valence-electron chi connectivity index (χ2n) is 6.92. The van der Waals surface area contributed by atoms with E-state index in [0.29, 0.717) is 17.1 Å². The van der Waals surface area contributed by atoms with Crippen LogP contribution in [-0.4, -0.2) is 17.6 Å². The zero-order chi connectivity index (χ0) is 17.3. The summed E-state index contributed by atoms with van der Waals surface area (Å²) in [6, 6.07) is 14.4. The summed E-state index contributed by atoms with van der Waals surface area (Å²) < 4.78 is 0. The number of Topliss-reactive ketones (excluding diaryl/α,β-unsaturated/α-hetero) is 1. The Hall–Kier alpha value is -2.46. The Balaban J connectivity index is 1.65. The SMILES string of the molecule is O=C1C[C@@H]2c3ccccc3[C@@H]1[C@H]1C(=O)N(c3ccc(Cl)cc3)C(=O)[C@@H]12. The summed E-state index contributed by atoms with van der Waals surface area (Å²) in [5.41, 5.74) is 2.49. The first kappa shape index (κ1) is 14.8. The van der Waals surface area contributed by atoms with Crippen molar-refractivity contribution in [2.75, 3.05) is 4.90 Å². The Morgan fingerprint density at radius 2 is 1.48 bits per heavy atom. The van der Waals surface area contributed by atoms with Crippen LogP contribution < -0.4 is 4.90 Å². The van der Waals surface area contributed by atoms with E-state index in [-0.39, 0.29) is 23.5 Å². The van der Waals surface area contributed by atoms with E-state index in [0.717, 1.165) is 11.1 Å². The maximum absolute atomic E-state index is 13.1. The minimum atomic E-state index is -0.579. The number of hydrogen-bond donors (Lipinski definition) is 0. The molecule has 2 aromatic rings. The van der Waals surface area contributed by atoms with Gasteiger partial charge in [-0.15, -0.1) is 0 Å². The van der Waals surface area contributed by atoms with Crippen molar-refractivity contribution in [2.45, 2.75) is 18.3 Å². The second-order valence-corrected chi connectivity index (χ2v) is 7.36. The summed E-state index contributed by atoms with van der Waals surface area (Å²) >= 11 is 5.92. The Bertz CT molecular complexity index is 936. The van der Waals surface area contributed by atoms with E-state index in [1.807, 2.05) is 24.3 Å². The van der Waals surface area contributed by atoms with E-state index in [1.54, 1.807) is 24.3 Å². The Morgan fingerprint density at radius 3 is 2.20 bits per heavy atom. The first-order valence-corrected chi connectivity index (χ1v) is 8.70. The van der Waals surface area contributed by atoms with Gasteiger partial charge in [-0.2, -0.15) is 0 Å². The number of carbonyl (C=O) groups is 3. The molecule has 25 heavy (non-hydrogen) atoms. The lowest BCUT2D eigenvalue weighted by Crippen LogP contribution is -2.44. The van der Waals surface area contributed by atoms with Gasteiger partial charge in [0.25, 0.3) is 0 Å². The van der Waals surface area contributed by atoms with Gasteiger partial charge in [0.15, 0.2) is 0 Å². The van der Waals surface area contributed by atoms with Gasteiger partial charge in [-0.1, -0.05) is 35.9 Å². The highest BCUT2D eigenvalue weighted by Crippen LogP contribution is 2.57. The van der Waals surface area contributed by atoms with Crippen LogP contribution in [0.3, 0.4) is 0 Å². The summed E-state index contributed by atoms with van der Waals surface area (Å²) in [4.78, 5) is 40.1. The average Bonchev–Trinajstić information content (AvgIpc) is 2.88. The first-order chi connectivity index (χ1) is 12.1. The van der Waals surface area contributed by atoms with Crippen LogP contribution in [-0.2, 0) is 14.4 Å². The number of hydrogen-bond acceptors (Lipinski definition) is 3. The third-order valence-electron chi connectivity index (χ3n) is 5.77. The van der Waals surface area contributed by atoms with Crippen LogP contribution in [0.2, 0.25) is 5.02 Å². The number of benzene rings is 2. The average molecular weight is 352 g/mol. The molecule has 4 aliphatic rings. The highest BCUT2D eigenvalue weighted by molar-refractivity contribution is 6.31. The molecular weight excluding hydrogens is 338 g/mol. The van der Waals surface area contributed by atoms with Gasteiger partial charge < -0.3 is 0 Å². The molecule has 4 atom stereocenters. The fraction of sp³-hybridized carbons (Fsp3) is 0.250. The molecule has 1 saturated heterocycles. The number of halogens is 1. The molecule has 124 valence electrons. The summed E-state index contributed by atoms with van der Waals surface area (Å²) in [6.07, 6.45) is 0.344. The molecule has 6 rings (SSSR count). The number of fused-ring (bicyclic) bond motifs is 1. The molecule has 2 aromatic carbocycles. The zero-order valence-electron chi connectivity index (χ0n) is 13.2. The van der Waals surface area contributed by atoms with E-state index in [1.165, 1.54) is 4.90 Å². The molecule has 5 heteroatoms. The van der Waals surface area contributed by atoms with Crippen molar-refractivity contribution in [1.29, 1.82) is 0 Å². The van der Waals surface area contributed by atoms with Gasteiger partial charge in [0.1, 0.15) is 5.78 Å². The van der Waals surface area contributed by atoms with Gasteiger partial charge in [0.05, 0.1) is 23.4 Å². The Labute approximate surface area is 149 Å². The zero-order valence-corrected chi connectivity index (χ0v) is 13.9. The van der Waals surface area contributed by atoms with E-state index < -0.39 is 17.8 Å². The van der Waals surface area contributed by atoms with Gasteiger partial charge in [0, 0.05) is 17.4 Å².